The Morgan fingerprint density at radius 1 is 0.412 bits per heavy atom. The Kier molecular flexibility index (Phi) is 57.4. The van der Waals surface area contributed by atoms with Gasteiger partial charge in [0.2, 0.25) is 0 Å². The van der Waals surface area contributed by atoms with Crippen LogP contribution in [-0.2, 0) is 14.4 Å². The van der Waals surface area contributed by atoms with Crippen molar-refractivity contribution in [3.05, 3.63) is 22.3 Å². The van der Waals surface area contributed by atoms with Crippen molar-refractivity contribution in [2.75, 3.05) is 0 Å². The molecule has 2 atom stereocenters. The molecular formula is C77H84O3. The molecule has 1 rings (SSSR count). The number of terminal acetylenes is 3. The fourth-order valence-electron chi connectivity index (χ4n) is 9.05. The Bertz CT molecular complexity index is 3030. The van der Waals surface area contributed by atoms with E-state index in [-0.39, 0.29) is 11.3 Å². The normalized spacial score (nSPS) is 11.3. The van der Waals surface area contributed by atoms with Gasteiger partial charge in [-0.2, -0.15) is 0 Å². The van der Waals surface area contributed by atoms with Gasteiger partial charge in [0.15, 0.2) is 11.6 Å². The summed E-state index contributed by atoms with van der Waals surface area (Å²) in [6, 6.07) is 0. The van der Waals surface area contributed by atoms with Gasteiger partial charge in [0.05, 0.1) is 0 Å². The number of ketones is 3. The molecule has 80 heavy (non-hydrogen) atoms. The zero-order valence-corrected chi connectivity index (χ0v) is 50.8. The van der Waals surface area contributed by atoms with E-state index < -0.39 is 0 Å². The van der Waals surface area contributed by atoms with Gasteiger partial charge < -0.3 is 0 Å². The average molecular weight is 1060 g/mol. The molecule has 0 amide bonds. The predicted octanol–water partition coefficient (Wildman–Crippen LogP) is 14.5. The largest absolute Gasteiger partial charge is 0.300 e. The zero-order chi connectivity index (χ0) is 60.8. The Morgan fingerprint density at radius 2 is 0.738 bits per heavy atom. The van der Waals surface area contributed by atoms with Crippen LogP contribution in [0, 0.1) is 220 Å². The lowest BCUT2D eigenvalue weighted by molar-refractivity contribution is -0.128. The lowest BCUT2D eigenvalue weighted by Crippen LogP contribution is -2.47. The summed E-state index contributed by atoms with van der Waals surface area (Å²) in [6.07, 6.45) is 35.5. The van der Waals surface area contributed by atoms with Crippen molar-refractivity contribution >= 4 is 17.3 Å². The summed E-state index contributed by atoms with van der Waals surface area (Å²) in [4.78, 5) is 35.8. The Balaban J connectivity index is -0.000000467. The van der Waals surface area contributed by atoms with Crippen LogP contribution < -0.4 is 0 Å². The third-order valence-electron chi connectivity index (χ3n) is 11.6. The molecule has 0 aromatic heterocycles. The monoisotopic (exact) mass is 1060 g/mol. The van der Waals surface area contributed by atoms with Gasteiger partial charge in [0, 0.05) is 37.0 Å². The first-order valence-corrected chi connectivity index (χ1v) is 28.2. The van der Waals surface area contributed by atoms with E-state index in [1.54, 1.807) is 6.92 Å². The second kappa shape index (κ2) is 59.3. The van der Waals surface area contributed by atoms with Crippen LogP contribution >= 0.6 is 0 Å². The zero-order valence-electron chi connectivity index (χ0n) is 50.8. The first kappa shape index (κ1) is 77.5. The molecule has 3 nitrogen and oxygen atoms in total. The van der Waals surface area contributed by atoms with E-state index in [0.717, 1.165) is 102 Å². The molecule has 0 radical (unpaired) electrons. The molecule has 0 fully saturated rings. The highest BCUT2D eigenvalue weighted by Gasteiger charge is 2.50. The van der Waals surface area contributed by atoms with Crippen LogP contribution in [0.4, 0.5) is 0 Å². The Morgan fingerprint density at radius 3 is 0.988 bits per heavy atom. The van der Waals surface area contributed by atoms with Crippen molar-refractivity contribution in [3.63, 3.8) is 0 Å². The minimum atomic E-state index is 0.229. The summed E-state index contributed by atoms with van der Waals surface area (Å²) in [7, 11) is 0. The standard InChI is InChI=1S/C21H38O.C21H4.C14H26O.C14H2.C7H14O/c1-7-13-17-16(10-4)20(22)19(12-6)21(14-8-2,15-9-3)18(17)11-5;1-3-5-7-9-11-13-15-17-19-21-20-18-16-14-12-10-8-6-4-2;1-5-9-12(10-6-2)13(8-4)14(15)11-7-3;1-3-5-7-9-11-13-14-12-10-8-6-4-2;1-3-5-7(8)6-4-2/h18-19H,7-15H2,1-6H3;1H,2H3;5-11H2,1-4H3;1-2H;3-6H2,1-2H3. The molecule has 3 heteroatoms. The Labute approximate surface area is 490 Å². The number of Topliss-reactive ketones (excluding diaryl/α,β-unsaturated/α-hetero) is 3. The highest BCUT2D eigenvalue weighted by molar-refractivity contribution is 5.99. The van der Waals surface area contributed by atoms with Gasteiger partial charge in [-0.1, -0.05) is 132 Å². The van der Waals surface area contributed by atoms with Gasteiger partial charge in [-0.05, 0) is 272 Å². The van der Waals surface area contributed by atoms with Crippen LogP contribution in [0.25, 0.3) is 0 Å². The maximum atomic E-state index is 13.2. The number of rotatable bonds is 21. The SMILES string of the molecule is C#CC#CC#CC#CC#CC#CC#C.C#CC#CC#CC#CC#CC#CC#CC#CC#CC#CC.CCCC(=O)C(CC)=C(CCC)CCC.CCCC(=O)CCC.CCCC1=C(CC)C(=O)C(CC)C(CCC)(CCC)C1CC. The van der Waals surface area contributed by atoms with Crippen molar-refractivity contribution in [1.82, 2.24) is 0 Å². The molecular weight excluding hydrogens is 973 g/mol. The van der Waals surface area contributed by atoms with Crippen molar-refractivity contribution in [3.8, 4) is 203 Å². The minimum Gasteiger partial charge on any atom is -0.300 e. The maximum absolute atomic E-state index is 13.2. The molecule has 0 saturated heterocycles. The summed E-state index contributed by atoms with van der Waals surface area (Å²) in [6.45, 7) is 27.9. The second-order valence-corrected chi connectivity index (χ2v) is 17.3. The second-order valence-electron chi connectivity index (χ2n) is 17.3. The summed E-state index contributed by atoms with van der Waals surface area (Å²) in [5.41, 5.74) is 5.50. The number of carbonyl (C=O) groups is 3. The van der Waals surface area contributed by atoms with Gasteiger partial charge in [-0.25, -0.2) is 0 Å². The van der Waals surface area contributed by atoms with Gasteiger partial charge in [0.1, 0.15) is 5.78 Å². The van der Waals surface area contributed by atoms with E-state index in [2.05, 4.69) is 253 Å². The van der Waals surface area contributed by atoms with E-state index in [1.165, 1.54) is 48.8 Å². The van der Waals surface area contributed by atoms with E-state index in [4.69, 9.17) is 19.3 Å². The number of hydrogen-bond donors (Lipinski definition) is 0. The lowest BCUT2D eigenvalue weighted by atomic mass is 9.52. The third-order valence-corrected chi connectivity index (χ3v) is 11.6. The first-order valence-electron chi connectivity index (χ1n) is 28.2. The number of allylic oxidation sites excluding steroid dienone is 4. The molecule has 1 aliphatic rings. The maximum Gasteiger partial charge on any atom is 0.162 e. The highest BCUT2D eigenvalue weighted by atomic mass is 16.1. The van der Waals surface area contributed by atoms with Crippen molar-refractivity contribution in [2.45, 2.75) is 218 Å². The molecule has 0 aromatic rings. The summed E-state index contributed by atoms with van der Waals surface area (Å²) < 4.78 is 0. The van der Waals surface area contributed by atoms with Crippen LogP contribution in [0.3, 0.4) is 0 Å². The molecule has 0 saturated carbocycles. The quantitative estimate of drug-likeness (QED) is 0.0850. The van der Waals surface area contributed by atoms with Crippen LogP contribution in [0.1, 0.15) is 218 Å². The van der Waals surface area contributed by atoms with Crippen LogP contribution in [0.5, 0.6) is 0 Å². The van der Waals surface area contributed by atoms with E-state index in [1.807, 2.05) is 13.8 Å². The smallest absolute Gasteiger partial charge is 0.162 e. The van der Waals surface area contributed by atoms with Crippen molar-refractivity contribution in [2.24, 2.45) is 17.3 Å². The van der Waals surface area contributed by atoms with Gasteiger partial charge in [-0.3, -0.25) is 14.4 Å². The lowest BCUT2D eigenvalue weighted by Gasteiger charge is -2.51. The molecule has 0 heterocycles. The average Bonchev–Trinajstić information content (AvgIpc) is 3.52. The molecule has 0 aromatic carbocycles. The molecule has 0 bridgehead atoms. The van der Waals surface area contributed by atoms with Crippen molar-refractivity contribution < 1.29 is 14.4 Å². The van der Waals surface area contributed by atoms with Gasteiger partial charge >= 0.3 is 0 Å². The highest BCUT2D eigenvalue weighted by Crippen LogP contribution is 2.56. The molecule has 410 valence electrons. The fourth-order valence-corrected chi connectivity index (χ4v) is 9.05. The van der Waals surface area contributed by atoms with Gasteiger partial charge in [-0.15, -0.1) is 19.3 Å². The molecule has 0 spiro atoms. The molecule has 0 N–H and O–H groups in total. The van der Waals surface area contributed by atoms with Crippen LogP contribution in [-0.4, -0.2) is 17.3 Å². The first-order chi connectivity index (χ1) is 38.9. The summed E-state index contributed by atoms with van der Waals surface area (Å²) in [5, 5.41) is 0. The number of hydrogen-bond acceptors (Lipinski definition) is 3. The fraction of sp³-hybridized carbons (Fsp3) is 0.468. The Hall–Kier alpha value is -8.99. The topological polar surface area (TPSA) is 51.2 Å². The summed E-state index contributed by atoms with van der Waals surface area (Å²) >= 11 is 0. The van der Waals surface area contributed by atoms with Gasteiger partial charge in [0.25, 0.3) is 0 Å². The van der Waals surface area contributed by atoms with Crippen LogP contribution in [0.2, 0.25) is 0 Å². The van der Waals surface area contributed by atoms with Crippen molar-refractivity contribution in [1.29, 1.82) is 0 Å². The summed E-state index contributed by atoms with van der Waals surface area (Å²) in [5.74, 6) is 77.4. The molecule has 0 aliphatic heterocycles. The van der Waals surface area contributed by atoms with E-state index in [9.17, 15) is 14.4 Å². The van der Waals surface area contributed by atoms with E-state index in [0.29, 0.717) is 23.3 Å². The minimum absolute atomic E-state index is 0.229. The third kappa shape index (κ3) is 39.4. The van der Waals surface area contributed by atoms with Crippen LogP contribution in [0.15, 0.2) is 22.3 Å². The molecule has 2 unspecified atom stereocenters. The van der Waals surface area contributed by atoms with E-state index >= 15 is 0 Å². The molecule has 1 aliphatic carbocycles. The predicted molar refractivity (Wildman–Crippen MR) is 340 cm³/mol. The number of carbonyl (C=O) groups excluding carboxylic acids is 3.